The van der Waals surface area contributed by atoms with E-state index in [9.17, 15) is 27.4 Å². The summed E-state index contributed by atoms with van der Waals surface area (Å²) in [6.07, 6.45) is 4.48. The highest BCUT2D eigenvalue weighted by molar-refractivity contribution is 7.99. The van der Waals surface area contributed by atoms with E-state index in [4.69, 9.17) is 9.47 Å². The molecule has 0 aliphatic carbocycles. The number of hydrogen-bond acceptors (Lipinski definition) is 7. The first-order valence-corrected chi connectivity index (χ1v) is 15.7. The molecule has 1 atom stereocenters. The van der Waals surface area contributed by atoms with Crippen molar-refractivity contribution in [2.45, 2.75) is 26.7 Å². The SMILES string of the molecule is CCOC(=O)CCC=S(C)(=O)NC(=O)c1c[nH]c(-c2cc(Oc3ccc(NC(=O)Nc4cc(C)ccc4F)c(F)c3)ccn2)c1. The quantitative estimate of drug-likeness (QED) is 0.120. The van der Waals surface area contributed by atoms with Gasteiger partial charge in [-0.25, -0.2) is 17.8 Å². The smallest absolute Gasteiger partial charge is 0.323 e. The molecule has 45 heavy (non-hydrogen) atoms. The molecule has 2 heterocycles. The van der Waals surface area contributed by atoms with E-state index < -0.39 is 39.2 Å². The molecule has 0 aliphatic heterocycles. The van der Waals surface area contributed by atoms with Crippen LogP contribution in [0, 0.1) is 18.6 Å². The molecule has 11 nitrogen and oxygen atoms in total. The van der Waals surface area contributed by atoms with Crippen LogP contribution in [0.15, 0.2) is 67.0 Å². The lowest BCUT2D eigenvalue weighted by molar-refractivity contribution is -0.142. The monoisotopic (exact) mass is 639 g/mol. The Morgan fingerprint density at radius 2 is 1.73 bits per heavy atom. The number of anilines is 2. The number of nitrogens with zero attached hydrogens (tertiary/aromatic N) is 1. The van der Waals surface area contributed by atoms with E-state index in [1.807, 2.05) is 0 Å². The molecule has 4 aromatic rings. The first kappa shape index (κ1) is 32.7. The molecule has 4 N–H and O–H groups in total. The molecule has 1 unspecified atom stereocenters. The minimum Gasteiger partial charge on any atom is -0.466 e. The minimum absolute atomic E-state index is 0.0394. The van der Waals surface area contributed by atoms with Gasteiger partial charge in [0.15, 0.2) is 0 Å². The van der Waals surface area contributed by atoms with E-state index in [0.29, 0.717) is 17.1 Å². The maximum Gasteiger partial charge on any atom is 0.323 e. The summed E-state index contributed by atoms with van der Waals surface area (Å²) in [6, 6.07) is 11.9. The number of hydrogen-bond donors (Lipinski definition) is 4. The molecule has 0 aliphatic rings. The van der Waals surface area contributed by atoms with Crippen molar-refractivity contribution in [3.05, 3.63) is 89.8 Å². The lowest BCUT2D eigenvalue weighted by Gasteiger charge is -2.11. The van der Waals surface area contributed by atoms with E-state index >= 15 is 0 Å². The largest absolute Gasteiger partial charge is 0.466 e. The Hall–Kier alpha value is -5.24. The predicted octanol–water partition coefficient (Wildman–Crippen LogP) is 5.80. The normalized spacial score (nSPS) is 12.0. The van der Waals surface area contributed by atoms with Gasteiger partial charge in [-0.1, -0.05) is 6.07 Å². The Morgan fingerprint density at radius 3 is 2.49 bits per heavy atom. The van der Waals surface area contributed by atoms with Crippen LogP contribution >= 0.6 is 0 Å². The van der Waals surface area contributed by atoms with Gasteiger partial charge in [0, 0.05) is 46.9 Å². The lowest BCUT2D eigenvalue weighted by atomic mass is 10.2. The molecule has 0 saturated carbocycles. The lowest BCUT2D eigenvalue weighted by Crippen LogP contribution is -2.30. The number of rotatable bonds is 11. The molecule has 0 bridgehead atoms. The van der Waals surface area contributed by atoms with Crippen LogP contribution in [0.2, 0.25) is 0 Å². The van der Waals surface area contributed by atoms with Gasteiger partial charge < -0.3 is 25.1 Å². The molecular weight excluding hydrogens is 608 g/mol. The third-order valence-electron chi connectivity index (χ3n) is 6.13. The van der Waals surface area contributed by atoms with Gasteiger partial charge in [-0.2, -0.15) is 0 Å². The maximum atomic E-state index is 14.8. The fourth-order valence-electron chi connectivity index (χ4n) is 4.02. The number of aryl methyl sites for hydroxylation is 1. The molecule has 3 amide bonds. The average molecular weight is 640 g/mol. The molecule has 0 spiro atoms. The van der Waals surface area contributed by atoms with Crippen LogP contribution in [0.3, 0.4) is 0 Å². The Bertz CT molecular complexity index is 1850. The summed E-state index contributed by atoms with van der Waals surface area (Å²) in [5, 5.41) is 6.07. The Labute approximate surface area is 258 Å². The van der Waals surface area contributed by atoms with Crippen LogP contribution in [0.5, 0.6) is 11.5 Å². The van der Waals surface area contributed by atoms with E-state index in [0.717, 1.165) is 11.6 Å². The number of urea groups is 1. The molecule has 0 fully saturated rings. The van der Waals surface area contributed by atoms with Crippen LogP contribution < -0.4 is 20.1 Å². The zero-order valence-corrected chi connectivity index (χ0v) is 25.4. The molecule has 0 radical (unpaired) electrons. The third kappa shape index (κ3) is 9.37. The third-order valence-corrected chi connectivity index (χ3v) is 7.59. The maximum absolute atomic E-state index is 14.8. The van der Waals surface area contributed by atoms with Crippen molar-refractivity contribution in [1.82, 2.24) is 14.7 Å². The van der Waals surface area contributed by atoms with Crippen molar-refractivity contribution in [2.24, 2.45) is 0 Å². The van der Waals surface area contributed by atoms with Gasteiger partial charge in [-0.15, -0.1) is 0 Å². The molecule has 0 saturated heterocycles. The summed E-state index contributed by atoms with van der Waals surface area (Å²) in [7, 11) is -2.87. The topological polar surface area (TPSA) is 152 Å². The number of benzene rings is 2. The van der Waals surface area contributed by atoms with Crippen LogP contribution in [0.25, 0.3) is 11.4 Å². The Balaban J connectivity index is 1.38. The van der Waals surface area contributed by atoms with Crippen molar-refractivity contribution >= 4 is 44.4 Å². The summed E-state index contributed by atoms with van der Waals surface area (Å²) >= 11 is 0. The fraction of sp³-hybridized carbons (Fsp3) is 0.194. The van der Waals surface area contributed by atoms with Gasteiger partial charge in [0.05, 0.1) is 34.9 Å². The molecular formula is C31H31F2N5O6S. The van der Waals surface area contributed by atoms with Crippen molar-refractivity contribution in [3.8, 4) is 22.9 Å². The first-order valence-electron chi connectivity index (χ1n) is 13.7. The van der Waals surface area contributed by atoms with Crippen molar-refractivity contribution < 1.29 is 36.8 Å². The summed E-state index contributed by atoms with van der Waals surface area (Å²) in [6.45, 7) is 3.69. The van der Waals surface area contributed by atoms with Crippen molar-refractivity contribution in [3.63, 3.8) is 0 Å². The highest BCUT2D eigenvalue weighted by Gasteiger charge is 2.15. The average Bonchev–Trinajstić information content (AvgIpc) is 3.47. The van der Waals surface area contributed by atoms with Gasteiger partial charge in [0.2, 0.25) is 0 Å². The van der Waals surface area contributed by atoms with Crippen LogP contribution in [0.4, 0.5) is 25.0 Å². The van der Waals surface area contributed by atoms with Crippen LogP contribution in [0.1, 0.15) is 35.7 Å². The number of pyridine rings is 1. The minimum atomic E-state index is -2.87. The zero-order chi connectivity index (χ0) is 32.6. The standard InChI is InChI=1S/C31H31F2N5O6S/c1-4-43-29(39)6-5-13-45(3,42)38-30(40)20-15-27(35-18-20)28-17-22(11-12-34-28)44-21-8-10-25(24(33)16-21)36-31(41)37-26-14-19(2)7-9-23(26)32/h7-18,35H,4-6H2,1-3H3,(H2,36,37,41)(H,38,40,42). The summed E-state index contributed by atoms with van der Waals surface area (Å²) in [4.78, 5) is 43.7. The molecule has 2 aromatic heterocycles. The van der Waals surface area contributed by atoms with Crippen LogP contribution in [-0.2, 0) is 19.2 Å². The number of amides is 3. The van der Waals surface area contributed by atoms with E-state index in [1.54, 1.807) is 32.0 Å². The highest BCUT2D eigenvalue weighted by Crippen LogP contribution is 2.28. The van der Waals surface area contributed by atoms with E-state index in [1.165, 1.54) is 54.3 Å². The second-order valence-electron chi connectivity index (χ2n) is 9.83. The first-order chi connectivity index (χ1) is 21.4. The number of H-pyrrole nitrogens is 1. The van der Waals surface area contributed by atoms with E-state index in [-0.39, 0.29) is 42.1 Å². The van der Waals surface area contributed by atoms with Gasteiger partial charge in [-0.05, 0) is 67.6 Å². The number of esters is 1. The fourth-order valence-corrected chi connectivity index (χ4v) is 5.16. The van der Waals surface area contributed by atoms with Gasteiger partial charge >= 0.3 is 12.0 Å². The number of aromatic nitrogens is 2. The van der Waals surface area contributed by atoms with E-state index in [2.05, 4.69) is 25.3 Å². The van der Waals surface area contributed by atoms with Gasteiger partial charge in [-0.3, -0.25) is 19.3 Å². The summed E-state index contributed by atoms with van der Waals surface area (Å²) in [5.41, 5.74) is 1.62. The van der Waals surface area contributed by atoms with Crippen LogP contribution in [-0.4, -0.2) is 50.3 Å². The number of carbonyl (C=O) groups is 3. The number of nitrogens with one attached hydrogen (secondary N) is 4. The molecule has 2 aromatic carbocycles. The molecule has 14 heteroatoms. The number of halogens is 2. The number of carbonyl (C=O) groups excluding carboxylic acids is 3. The summed E-state index contributed by atoms with van der Waals surface area (Å²) < 4.78 is 54.5. The second-order valence-corrected chi connectivity index (χ2v) is 12.2. The second kappa shape index (κ2) is 14.5. The van der Waals surface area contributed by atoms with Crippen molar-refractivity contribution in [2.75, 3.05) is 23.5 Å². The number of ether oxygens (including phenoxy) is 2. The Morgan fingerprint density at radius 1 is 0.978 bits per heavy atom. The summed E-state index contributed by atoms with van der Waals surface area (Å²) in [5.74, 6) is -1.98. The van der Waals surface area contributed by atoms with Gasteiger partial charge in [0.25, 0.3) is 5.91 Å². The highest BCUT2D eigenvalue weighted by atomic mass is 32.2. The van der Waals surface area contributed by atoms with Crippen molar-refractivity contribution in [1.29, 1.82) is 0 Å². The van der Waals surface area contributed by atoms with Gasteiger partial charge in [0.1, 0.15) is 23.1 Å². The zero-order valence-electron chi connectivity index (χ0n) is 24.6. The number of aromatic amines is 1. The Kier molecular flexibility index (Phi) is 10.5. The molecule has 4 rings (SSSR count). The molecule has 236 valence electrons. The predicted molar refractivity (Wildman–Crippen MR) is 168 cm³/mol.